The number of carbonyl (C=O) groups is 3. The Kier molecular flexibility index (Phi) is 9.03. The molecule has 0 aliphatic carbocycles. The Balaban J connectivity index is 1.63. The summed E-state index contributed by atoms with van der Waals surface area (Å²) in [5.74, 6) is -0.530. The van der Waals surface area contributed by atoms with Gasteiger partial charge in [0.1, 0.15) is 11.4 Å². The van der Waals surface area contributed by atoms with Gasteiger partial charge in [-0.05, 0) is 47.0 Å². The average Bonchev–Trinajstić information content (AvgIpc) is 2.85. The van der Waals surface area contributed by atoms with Crippen LogP contribution in [0, 0.1) is 0 Å². The van der Waals surface area contributed by atoms with Gasteiger partial charge in [0, 0.05) is 19.2 Å². The lowest BCUT2D eigenvalue weighted by Crippen LogP contribution is -2.29. The van der Waals surface area contributed by atoms with Crippen LogP contribution >= 0.6 is 11.6 Å². The van der Waals surface area contributed by atoms with E-state index in [1.54, 1.807) is 42.5 Å². The lowest BCUT2D eigenvalue weighted by Gasteiger charge is -2.11. The van der Waals surface area contributed by atoms with Crippen molar-refractivity contribution in [3.05, 3.63) is 100 Å². The predicted molar refractivity (Wildman–Crippen MR) is 137 cm³/mol. The van der Waals surface area contributed by atoms with Crippen LogP contribution in [0.4, 0.5) is 5.69 Å². The van der Waals surface area contributed by atoms with Crippen LogP contribution in [0.25, 0.3) is 6.08 Å². The Morgan fingerprint density at radius 3 is 2.31 bits per heavy atom. The van der Waals surface area contributed by atoms with E-state index < -0.39 is 5.91 Å². The number of ether oxygens (including phenoxy) is 1. The van der Waals surface area contributed by atoms with E-state index in [1.807, 2.05) is 30.3 Å². The first-order chi connectivity index (χ1) is 16.8. The summed E-state index contributed by atoms with van der Waals surface area (Å²) >= 11 is 6.06. The number of amides is 3. The molecular weight excluding hydrogens is 466 g/mol. The lowest BCUT2D eigenvalue weighted by molar-refractivity contribution is -0.121. The standard InChI is InChI=1S/C27H26ClN3O4/c1-18(32)30-24(14-21-10-13-23(28)25(15-21)35-2)27(34)31-22-11-8-19(9-12-22)16-26(33)29-17-20-6-4-3-5-7-20/h3-15H,16-17H2,1-2H3,(H,29,33)(H,30,32)(H,31,34)/b24-14-. The van der Waals surface area contributed by atoms with E-state index >= 15 is 0 Å². The second-order valence-electron chi connectivity index (χ2n) is 7.72. The fourth-order valence-electron chi connectivity index (χ4n) is 3.23. The topological polar surface area (TPSA) is 96.5 Å². The largest absolute Gasteiger partial charge is 0.495 e. The van der Waals surface area contributed by atoms with E-state index in [4.69, 9.17) is 16.3 Å². The Bertz CT molecular complexity index is 1220. The molecule has 7 nitrogen and oxygen atoms in total. The van der Waals surface area contributed by atoms with Crippen molar-refractivity contribution in [2.75, 3.05) is 12.4 Å². The fourth-order valence-corrected chi connectivity index (χ4v) is 3.42. The quantitative estimate of drug-likeness (QED) is 0.388. The average molecular weight is 492 g/mol. The fraction of sp³-hybridized carbons (Fsp3) is 0.148. The maximum absolute atomic E-state index is 12.8. The molecule has 0 spiro atoms. The van der Waals surface area contributed by atoms with Crippen LogP contribution in [-0.4, -0.2) is 24.8 Å². The highest BCUT2D eigenvalue weighted by Crippen LogP contribution is 2.26. The maximum atomic E-state index is 12.8. The number of nitrogens with one attached hydrogen (secondary N) is 3. The van der Waals surface area contributed by atoms with Crippen LogP contribution in [0.2, 0.25) is 5.02 Å². The van der Waals surface area contributed by atoms with E-state index in [-0.39, 0.29) is 23.9 Å². The number of rotatable bonds is 9. The van der Waals surface area contributed by atoms with Gasteiger partial charge in [-0.25, -0.2) is 0 Å². The Labute approximate surface area is 209 Å². The summed E-state index contributed by atoms with van der Waals surface area (Å²) in [7, 11) is 1.49. The van der Waals surface area contributed by atoms with Gasteiger partial charge in [-0.1, -0.05) is 60.1 Å². The van der Waals surface area contributed by atoms with E-state index in [0.29, 0.717) is 28.6 Å². The minimum atomic E-state index is -0.498. The third-order valence-electron chi connectivity index (χ3n) is 4.95. The molecule has 0 atom stereocenters. The van der Waals surface area contributed by atoms with Crippen LogP contribution in [0.3, 0.4) is 0 Å². The second kappa shape index (κ2) is 12.4. The van der Waals surface area contributed by atoms with Gasteiger partial charge < -0.3 is 20.7 Å². The summed E-state index contributed by atoms with van der Waals surface area (Å²) in [4.78, 5) is 36.7. The summed E-state index contributed by atoms with van der Waals surface area (Å²) in [6, 6.07) is 21.6. The molecular formula is C27H26ClN3O4. The summed E-state index contributed by atoms with van der Waals surface area (Å²) in [5.41, 5.74) is 3.04. The molecule has 3 rings (SSSR count). The molecule has 3 aromatic carbocycles. The van der Waals surface area contributed by atoms with Crippen LogP contribution in [-0.2, 0) is 27.3 Å². The van der Waals surface area contributed by atoms with Crippen molar-refractivity contribution in [3.8, 4) is 5.75 Å². The molecule has 0 heterocycles. The van der Waals surface area contributed by atoms with Gasteiger partial charge in [-0.2, -0.15) is 0 Å². The first-order valence-electron chi connectivity index (χ1n) is 10.9. The second-order valence-corrected chi connectivity index (χ2v) is 8.13. The van der Waals surface area contributed by atoms with Gasteiger partial charge in [-0.3, -0.25) is 14.4 Å². The normalized spacial score (nSPS) is 10.9. The van der Waals surface area contributed by atoms with E-state index in [9.17, 15) is 14.4 Å². The minimum absolute atomic E-state index is 0.0613. The van der Waals surface area contributed by atoms with Gasteiger partial charge in [0.05, 0.1) is 18.6 Å². The molecule has 0 aromatic heterocycles. The molecule has 180 valence electrons. The molecule has 0 fully saturated rings. The molecule has 3 aromatic rings. The SMILES string of the molecule is COc1cc(/C=C(\NC(C)=O)C(=O)Nc2ccc(CC(=O)NCc3ccccc3)cc2)ccc1Cl. The zero-order chi connectivity index (χ0) is 25.2. The smallest absolute Gasteiger partial charge is 0.272 e. The van der Waals surface area contributed by atoms with Crippen molar-refractivity contribution in [2.45, 2.75) is 19.9 Å². The van der Waals surface area contributed by atoms with E-state index in [1.165, 1.54) is 20.1 Å². The molecule has 8 heteroatoms. The molecule has 0 saturated carbocycles. The molecule has 0 aliphatic rings. The summed E-state index contributed by atoms with van der Waals surface area (Å²) < 4.78 is 5.20. The Hall–Kier alpha value is -4.10. The van der Waals surface area contributed by atoms with Crippen molar-refractivity contribution in [2.24, 2.45) is 0 Å². The number of carbonyl (C=O) groups excluding carboxylic acids is 3. The zero-order valence-corrected chi connectivity index (χ0v) is 20.2. The van der Waals surface area contributed by atoms with E-state index in [2.05, 4.69) is 16.0 Å². The minimum Gasteiger partial charge on any atom is -0.495 e. The number of methoxy groups -OCH3 is 1. The highest BCUT2D eigenvalue weighted by atomic mass is 35.5. The predicted octanol–water partition coefficient (Wildman–Crippen LogP) is 4.32. The van der Waals surface area contributed by atoms with Crippen molar-refractivity contribution < 1.29 is 19.1 Å². The lowest BCUT2D eigenvalue weighted by atomic mass is 10.1. The number of halogens is 1. The molecule has 0 aliphatic heterocycles. The first-order valence-corrected chi connectivity index (χ1v) is 11.3. The highest BCUT2D eigenvalue weighted by Gasteiger charge is 2.13. The van der Waals surface area contributed by atoms with Crippen molar-refractivity contribution >= 4 is 41.1 Å². The third kappa shape index (κ3) is 8.01. The van der Waals surface area contributed by atoms with Gasteiger partial charge in [0.2, 0.25) is 11.8 Å². The summed E-state index contributed by atoms with van der Waals surface area (Å²) in [6.45, 7) is 1.78. The van der Waals surface area contributed by atoms with Gasteiger partial charge >= 0.3 is 0 Å². The molecule has 0 bridgehead atoms. The van der Waals surface area contributed by atoms with Gasteiger partial charge in [0.25, 0.3) is 5.91 Å². The summed E-state index contributed by atoms with van der Waals surface area (Å²) in [6.07, 6.45) is 1.75. The number of benzene rings is 3. The molecule has 0 saturated heterocycles. The Morgan fingerprint density at radius 2 is 1.66 bits per heavy atom. The number of anilines is 1. The first kappa shape index (κ1) is 25.5. The highest BCUT2D eigenvalue weighted by molar-refractivity contribution is 6.32. The van der Waals surface area contributed by atoms with Gasteiger partial charge in [0.15, 0.2) is 0 Å². The van der Waals surface area contributed by atoms with Crippen LogP contribution in [0.15, 0.2) is 78.5 Å². The number of hydrogen-bond donors (Lipinski definition) is 3. The third-order valence-corrected chi connectivity index (χ3v) is 5.26. The molecule has 0 unspecified atom stereocenters. The zero-order valence-electron chi connectivity index (χ0n) is 19.4. The number of hydrogen-bond acceptors (Lipinski definition) is 4. The molecule has 3 amide bonds. The van der Waals surface area contributed by atoms with Crippen molar-refractivity contribution in [1.82, 2.24) is 10.6 Å². The monoisotopic (exact) mass is 491 g/mol. The molecule has 0 radical (unpaired) electrons. The molecule has 35 heavy (non-hydrogen) atoms. The van der Waals surface area contributed by atoms with Crippen LogP contribution in [0.1, 0.15) is 23.6 Å². The van der Waals surface area contributed by atoms with Crippen molar-refractivity contribution in [1.29, 1.82) is 0 Å². The Morgan fingerprint density at radius 1 is 0.943 bits per heavy atom. The maximum Gasteiger partial charge on any atom is 0.272 e. The van der Waals surface area contributed by atoms with E-state index in [0.717, 1.165) is 11.1 Å². The van der Waals surface area contributed by atoms with Crippen LogP contribution < -0.4 is 20.7 Å². The van der Waals surface area contributed by atoms with Crippen LogP contribution in [0.5, 0.6) is 5.75 Å². The molecule has 3 N–H and O–H groups in total. The van der Waals surface area contributed by atoms with Gasteiger partial charge in [-0.15, -0.1) is 0 Å². The summed E-state index contributed by atoms with van der Waals surface area (Å²) in [5, 5.41) is 8.63. The van der Waals surface area contributed by atoms with Crippen molar-refractivity contribution in [3.63, 3.8) is 0 Å².